The molecule has 0 bridgehead atoms. The van der Waals surface area contributed by atoms with Crippen LogP contribution in [0.25, 0.3) is 0 Å². The Bertz CT molecular complexity index is 977. The summed E-state index contributed by atoms with van der Waals surface area (Å²) in [6.45, 7) is 9.65. The van der Waals surface area contributed by atoms with Crippen molar-refractivity contribution >= 4 is 11.9 Å². The van der Waals surface area contributed by atoms with Gasteiger partial charge in [-0.05, 0) is 29.7 Å². The van der Waals surface area contributed by atoms with Crippen molar-refractivity contribution < 1.29 is 33.3 Å². The number of aryl methyl sites for hydroxylation is 1. The molecular weight excluding hydrogens is 474 g/mol. The third-order valence-corrected chi connectivity index (χ3v) is 5.19. The van der Waals surface area contributed by atoms with Gasteiger partial charge in [-0.2, -0.15) is 0 Å². The monoisotopic (exact) mass is 511 g/mol. The zero-order valence-corrected chi connectivity index (χ0v) is 21.5. The van der Waals surface area contributed by atoms with Crippen molar-refractivity contribution in [3.8, 4) is 11.5 Å². The summed E-state index contributed by atoms with van der Waals surface area (Å²) in [6.07, 6.45) is 4.36. The van der Waals surface area contributed by atoms with Gasteiger partial charge < -0.3 is 29.0 Å². The van der Waals surface area contributed by atoms with Gasteiger partial charge in [-0.15, -0.1) is 13.2 Å². The predicted octanol–water partition coefficient (Wildman–Crippen LogP) is 3.68. The average molecular weight is 512 g/mol. The lowest BCUT2D eigenvalue weighted by Gasteiger charge is -2.17. The minimum Gasteiger partial charge on any atom is -0.487 e. The van der Waals surface area contributed by atoms with E-state index in [2.05, 4.69) is 18.5 Å². The minimum absolute atomic E-state index is 0.194. The Balaban J connectivity index is 1.97. The molecule has 0 aromatic heterocycles. The van der Waals surface area contributed by atoms with Crippen LogP contribution in [0.5, 0.6) is 11.5 Å². The van der Waals surface area contributed by atoms with E-state index in [0.29, 0.717) is 64.0 Å². The smallest absolute Gasteiger partial charge is 0.328 e. The summed E-state index contributed by atoms with van der Waals surface area (Å²) in [6, 6.07) is 14.3. The Morgan fingerprint density at radius 3 is 2.14 bits per heavy atom. The van der Waals surface area contributed by atoms with E-state index in [-0.39, 0.29) is 12.3 Å². The maximum atomic E-state index is 12.7. The highest BCUT2D eigenvalue weighted by Gasteiger charge is 2.22. The molecule has 1 atom stereocenters. The lowest BCUT2D eigenvalue weighted by Crippen LogP contribution is -2.43. The molecule has 0 heterocycles. The Kier molecular flexibility index (Phi) is 14.2. The molecule has 0 saturated carbocycles. The summed E-state index contributed by atoms with van der Waals surface area (Å²) >= 11 is 0. The van der Waals surface area contributed by atoms with Gasteiger partial charge in [0, 0.05) is 12.8 Å². The molecule has 0 fully saturated rings. The number of rotatable bonds is 19. The standard InChI is InChI=1S/C29H37NO7/c1-4-15-34-17-19-36-26-13-11-24(22-27(26)37-20-18-35-16-5-2)12-14-28(31)30-25(29(32)33-3)21-23-9-7-6-8-10-23/h4-11,13,22,25H,1-2,12,14-21H2,3H3,(H,30,31). The summed E-state index contributed by atoms with van der Waals surface area (Å²) in [5.41, 5.74) is 1.83. The van der Waals surface area contributed by atoms with E-state index in [4.69, 9.17) is 23.7 Å². The van der Waals surface area contributed by atoms with Gasteiger partial charge in [0.25, 0.3) is 0 Å². The lowest BCUT2D eigenvalue weighted by molar-refractivity contribution is -0.145. The number of benzene rings is 2. The van der Waals surface area contributed by atoms with Gasteiger partial charge in [0.2, 0.25) is 5.91 Å². The second kappa shape index (κ2) is 17.8. The summed E-state index contributed by atoms with van der Waals surface area (Å²) < 4.78 is 27.3. The first-order valence-electron chi connectivity index (χ1n) is 12.2. The molecule has 37 heavy (non-hydrogen) atoms. The molecule has 1 unspecified atom stereocenters. The highest BCUT2D eigenvalue weighted by molar-refractivity contribution is 5.84. The maximum Gasteiger partial charge on any atom is 0.328 e. The number of hydrogen-bond donors (Lipinski definition) is 1. The van der Waals surface area contributed by atoms with Crippen LogP contribution in [0.3, 0.4) is 0 Å². The van der Waals surface area contributed by atoms with E-state index >= 15 is 0 Å². The molecule has 0 aliphatic heterocycles. The normalized spacial score (nSPS) is 11.3. The first-order chi connectivity index (χ1) is 18.1. The first-order valence-corrected chi connectivity index (χ1v) is 12.2. The van der Waals surface area contributed by atoms with Crippen molar-refractivity contribution in [2.24, 2.45) is 0 Å². The van der Waals surface area contributed by atoms with Gasteiger partial charge in [0.15, 0.2) is 11.5 Å². The second-order valence-electron chi connectivity index (χ2n) is 8.04. The van der Waals surface area contributed by atoms with Gasteiger partial charge in [-0.3, -0.25) is 4.79 Å². The van der Waals surface area contributed by atoms with Crippen molar-refractivity contribution in [2.45, 2.75) is 25.3 Å². The Morgan fingerprint density at radius 2 is 1.51 bits per heavy atom. The molecule has 2 aromatic carbocycles. The number of methoxy groups -OCH3 is 1. The predicted molar refractivity (Wildman–Crippen MR) is 142 cm³/mol. The highest BCUT2D eigenvalue weighted by atomic mass is 16.6. The number of nitrogens with one attached hydrogen (secondary N) is 1. The van der Waals surface area contributed by atoms with E-state index in [1.807, 2.05) is 48.5 Å². The molecule has 1 N–H and O–H groups in total. The van der Waals surface area contributed by atoms with E-state index in [1.165, 1.54) is 7.11 Å². The molecule has 2 rings (SSSR count). The average Bonchev–Trinajstić information content (AvgIpc) is 2.92. The van der Waals surface area contributed by atoms with Crippen LogP contribution in [0.1, 0.15) is 17.5 Å². The summed E-state index contributed by atoms with van der Waals surface area (Å²) in [5, 5.41) is 2.80. The second-order valence-corrected chi connectivity index (χ2v) is 8.04. The molecule has 0 saturated heterocycles. The molecule has 1 amide bonds. The molecule has 8 heteroatoms. The van der Waals surface area contributed by atoms with Crippen LogP contribution in [0.2, 0.25) is 0 Å². The van der Waals surface area contributed by atoms with Gasteiger partial charge in [-0.1, -0.05) is 48.6 Å². The SMILES string of the molecule is C=CCOCCOc1ccc(CCC(=O)NC(Cc2ccccc2)C(=O)OC)cc1OCCOCC=C. The first kappa shape index (κ1) is 29.6. The fraction of sp³-hybridized carbons (Fsp3) is 0.379. The molecular formula is C29H37NO7. The number of esters is 1. The Labute approximate surface area is 219 Å². The van der Waals surface area contributed by atoms with Crippen LogP contribution >= 0.6 is 0 Å². The van der Waals surface area contributed by atoms with E-state index in [0.717, 1.165) is 11.1 Å². The van der Waals surface area contributed by atoms with Crippen molar-refractivity contribution in [2.75, 3.05) is 46.8 Å². The summed E-state index contributed by atoms with van der Waals surface area (Å²) in [4.78, 5) is 24.9. The summed E-state index contributed by atoms with van der Waals surface area (Å²) in [5.74, 6) is 0.407. The van der Waals surface area contributed by atoms with Crippen molar-refractivity contribution in [1.82, 2.24) is 5.32 Å². The molecule has 0 radical (unpaired) electrons. The third kappa shape index (κ3) is 11.8. The number of hydrogen-bond acceptors (Lipinski definition) is 7. The fourth-order valence-corrected chi connectivity index (χ4v) is 3.40. The number of carbonyl (C=O) groups excluding carboxylic acids is 2. The quantitative estimate of drug-likeness (QED) is 0.175. The Morgan fingerprint density at radius 1 is 0.865 bits per heavy atom. The lowest BCUT2D eigenvalue weighted by atomic mass is 10.0. The molecule has 0 spiro atoms. The molecule has 200 valence electrons. The maximum absolute atomic E-state index is 12.7. The summed E-state index contributed by atoms with van der Waals surface area (Å²) in [7, 11) is 1.31. The molecule has 0 aliphatic carbocycles. The zero-order valence-electron chi connectivity index (χ0n) is 21.5. The van der Waals surface area contributed by atoms with E-state index in [9.17, 15) is 9.59 Å². The number of amides is 1. The van der Waals surface area contributed by atoms with Crippen LogP contribution < -0.4 is 14.8 Å². The van der Waals surface area contributed by atoms with Gasteiger partial charge in [0.05, 0.1) is 33.5 Å². The zero-order chi connectivity index (χ0) is 26.7. The largest absolute Gasteiger partial charge is 0.487 e. The van der Waals surface area contributed by atoms with Crippen molar-refractivity contribution in [3.63, 3.8) is 0 Å². The van der Waals surface area contributed by atoms with Crippen molar-refractivity contribution in [3.05, 3.63) is 85.0 Å². The minimum atomic E-state index is -0.756. The third-order valence-electron chi connectivity index (χ3n) is 5.19. The van der Waals surface area contributed by atoms with Crippen molar-refractivity contribution in [1.29, 1.82) is 0 Å². The Hall–Kier alpha value is -3.62. The molecule has 8 nitrogen and oxygen atoms in total. The molecule has 0 aliphatic rings. The van der Waals surface area contributed by atoms with Gasteiger partial charge in [-0.25, -0.2) is 4.79 Å². The van der Waals surface area contributed by atoms with Crippen LogP contribution in [0.15, 0.2) is 73.8 Å². The van der Waals surface area contributed by atoms with E-state index < -0.39 is 12.0 Å². The van der Waals surface area contributed by atoms with Crippen LogP contribution in [0.4, 0.5) is 0 Å². The fourth-order valence-electron chi connectivity index (χ4n) is 3.40. The van der Waals surface area contributed by atoms with Gasteiger partial charge in [0.1, 0.15) is 19.3 Å². The van der Waals surface area contributed by atoms with Crippen LogP contribution in [-0.4, -0.2) is 64.7 Å². The van der Waals surface area contributed by atoms with Crippen LogP contribution in [0, 0.1) is 0 Å². The number of ether oxygens (including phenoxy) is 5. The van der Waals surface area contributed by atoms with Crippen LogP contribution in [-0.2, 0) is 36.6 Å². The topological polar surface area (TPSA) is 92.3 Å². The highest BCUT2D eigenvalue weighted by Crippen LogP contribution is 2.29. The molecule has 2 aromatic rings. The number of carbonyl (C=O) groups is 2. The van der Waals surface area contributed by atoms with Gasteiger partial charge >= 0.3 is 5.97 Å². The van der Waals surface area contributed by atoms with E-state index in [1.54, 1.807) is 12.2 Å².